The van der Waals surface area contributed by atoms with Crippen LogP contribution in [0.4, 0.5) is 13.2 Å². The fourth-order valence-electron chi connectivity index (χ4n) is 2.50. The maximum atomic E-state index is 12.6. The van der Waals surface area contributed by atoms with Gasteiger partial charge in [-0.3, -0.25) is 4.79 Å². The first-order chi connectivity index (χ1) is 9.40. The molecule has 1 aromatic rings. The van der Waals surface area contributed by atoms with Crippen LogP contribution in [0.2, 0.25) is 0 Å². The fourth-order valence-corrected chi connectivity index (χ4v) is 2.50. The molecular formula is C15H14F3NO. The minimum absolute atomic E-state index is 0.0292. The number of hydrogen-bond donors (Lipinski definition) is 0. The van der Waals surface area contributed by atoms with Crippen LogP contribution in [-0.4, -0.2) is 5.78 Å². The second-order valence-corrected chi connectivity index (χ2v) is 5.24. The van der Waals surface area contributed by atoms with Gasteiger partial charge in [-0.1, -0.05) is 18.2 Å². The Morgan fingerprint density at radius 3 is 2.65 bits per heavy atom. The number of ketones is 1. The number of hydrogen-bond acceptors (Lipinski definition) is 2. The average Bonchev–Trinajstić information content (AvgIpc) is 2.32. The van der Waals surface area contributed by atoms with E-state index >= 15 is 0 Å². The van der Waals surface area contributed by atoms with Gasteiger partial charge in [-0.15, -0.1) is 0 Å². The normalized spacial score (nSPS) is 21.9. The molecular weight excluding hydrogens is 267 g/mol. The highest BCUT2D eigenvalue weighted by atomic mass is 19.4. The molecule has 5 heteroatoms. The molecule has 0 heterocycles. The summed E-state index contributed by atoms with van der Waals surface area (Å²) in [6.07, 6.45) is -2.52. The van der Waals surface area contributed by atoms with Crippen LogP contribution in [0.3, 0.4) is 0 Å². The van der Waals surface area contributed by atoms with Crippen molar-refractivity contribution in [1.29, 1.82) is 5.26 Å². The molecule has 1 aromatic carbocycles. The number of benzene rings is 1. The number of rotatable bonds is 4. The number of carbonyl (C=O) groups is 1. The summed E-state index contributed by atoms with van der Waals surface area (Å²) in [7, 11) is 0. The highest BCUT2D eigenvalue weighted by Crippen LogP contribution is 2.37. The lowest BCUT2D eigenvalue weighted by molar-refractivity contribution is -0.137. The molecule has 1 fully saturated rings. The highest BCUT2D eigenvalue weighted by Gasteiger charge is 2.34. The lowest BCUT2D eigenvalue weighted by atomic mass is 9.70. The zero-order chi connectivity index (χ0) is 14.8. The summed E-state index contributed by atoms with van der Waals surface area (Å²) in [5.41, 5.74) is -0.327. The van der Waals surface area contributed by atoms with Crippen LogP contribution in [0.25, 0.3) is 0 Å². The predicted molar refractivity (Wildman–Crippen MR) is 66.6 cm³/mol. The molecule has 0 bridgehead atoms. The van der Waals surface area contributed by atoms with Crippen LogP contribution in [0, 0.1) is 23.2 Å². The second-order valence-electron chi connectivity index (χ2n) is 5.24. The number of carbonyl (C=O) groups excluding carboxylic acids is 1. The molecule has 20 heavy (non-hydrogen) atoms. The Morgan fingerprint density at radius 1 is 1.35 bits per heavy atom. The molecule has 0 atom stereocenters. The van der Waals surface area contributed by atoms with E-state index in [9.17, 15) is 18.0 Å². The molecule has 0 radical (unpaired) electrons. The molecule has 2 rings (SSSR count). The van der Waals surface area contributed by atoms with E-state index in [1.807, 2.05) is 0 Å². The van der Waals surface area contributed by atoms with Gasteiger partial charge in [0, 0.05) is 18.8 Å². The van der Waals surface area contributed by atoms with Gasteiger partial charge in [0.25, 0.3) is 0 Å². The molecule has 0 saturated heterocycles. The summed E-state index contributed by atoms with van der Waals surface area (Å²) in [5, 5.41) is 8.53. The van der Waals surface area contributed by atoms with E-state index in [0.29, 0.717) is 24.8 Å². The van der Waals surface area contributed by atoms with E-state index in [-0.39, 0.29) is 24.0 Å². The van der Waals surface area contributed by atoms with Crippen LogP contribution in [-0.2, 0) is 17.4 Å². The number of alkyl halides is 3. The number of nitrogens with zero attached hydrogens (tertiary/aromatic N) is 1. The Kier molecular flexibility index (Phi) is 4.12. The van der Waals surface area contributed by atoms with E-state index in [0.717, 1.165) is 12.1 Å². The molecule has 1 saturated carbocycles. The zero-order valence-corrected chi connectivity index (χ0v) is 10.8. The van der Waals surface area contributed by atoms with Crippen molar-refractivity contribution in [2.45, 2.75) is 31.9 Å². The standard InChI is InChI=1S/C15H14F3NO/c16-15(17,18)13-3-1-2-10(8-13)9-14(20)12-6-11(7-12)4-5-19/h1-3,8,11-12H,4,6-7,9H2. The third-order valence-corrected chi connectivity index (χ3v) is 3.70. The SMILES string of the molecule is N#CCC1CC(C(=O)Cc2cccc(C(F)(F)F)c2)C1. The van der Waals surface area contributed by atoms with Crippen molar-refractivity contribution >= 4 is 5.78 Å². The van der Waals surface area contributed by atoms with Gasteiger partial charge in [0.2, 0.25) is 0 Å². The van der Waals surface area contributed by atoms with Crippen molar-refractivity contribution in [3.05, 3.63) is 35.4 Å². The molecule has 0 spiro atoms. The Balaban J connectivity index is 1.94. The molecule has 1 aliphatic carbocycles. The van der Waals surface area contributed by atoms with E-state index in [1.165, 1.54) is 6.07 Å². The summed E-state index contributed by atoms with van der Waals surface area (Å²) in [4.78, 5) is 11.9. The maximum Gasteiger partial charge on any atom is 0.416 e. The first-order valence-corrected chi connectivity index (χ1v) is 6.46. The number of Topliss-reactive ketones (excluding diaryl/α,β-unsaturated/α-hetero) is 1. The smallest absolute Gasteiger partial charge is 0.299 e. The van der Waals surface area contributed by atoms with Crippen LogP contribution in [0.15, 0.2) is 24.3 Å². The van der Waals surface area contributed by atoms with Crippen LogP contribution in [0.1, 0.15) is 30.4 Å². The largest absolute Gasteiger partial charge is 0.416 e. The second kappa shape index (κ2) is 5.66. The van der Waals surface area contributed by atoms with Gasteiger partial charge in [-0.05, 0) is 30.4 Å². The Bertz CT molecular complexity index is 539. The molecule has 2 nitrogen and oxygen atoms in total. The summed E-state index contributed by atoms with van der Waals surface area (Å²) < 4.78 is 37.7. The fraction of sp³-hybridized carbons (Fsp3) is 0.467. The number of halogens is 3. The van der Waals surface area contributed by atoms with Gasteiger partial charge in [-0.2, -0.15) is 18.4 Å². The van der Waals surface area contributed by atoms with Gasteiger partial charge in [-0.25, -0.2) is 0 Å². The first kappa shape index (κ1) is 14.6. The maximum absolute atomic E-state index is 12.6. The Labute approximate surface area is 115 Å². The van der Waals surface area contributed by atoms with Crippen molar-refractivity contribution in [1.82, 2.24) is 0 Å². The third-order valence-electron chi connectivity index (χ3n) is 3.70. The van der Waals surface area contributed by atoms with Gasteiger partial charge in [0.1, 0.15) is 5.78 Å². The quantitative estimate of drug-likeness (QED) is 0.843. The highest BCUT2D eigenvalue weighted by molar-refractivity contribution is 5.84. The van der Waals surface area contributed by atoms with Crippen LogP contribution in [0.5, 0.6) is 0 Å². The van der Waals surface area contributed by atoms with Gasteiger partial charge in [0.05, 0.1) is 11.6 Å². The molecule has 106 valence electrons. The summed E-state index contributed by atoms with van der Waals surface area (Å²) in [6, 6.07) is 6.96. The first-order valence-electron chi connectivity index (χ1n) is 6.46. The molecule has 0 unspecified atom stereocenters. The molecule has 0 amide bonds. The molecule has 0 aromatic heterocycles. The van der Waals surface area contributed by atoms with Crippen molar-refractivity contribution in [2.75, 3.05) is 0 Å². The zero-order valence-electron chi connectivity index (χ0n) is 10.8. The monoisotopic (exact) mass is 281 g/mol. The van der Waals surface area contributed by atoms with E-state index in [4.69, 9.17) is 5.26 Å². The van der Waals surface area contributed by atoms with Crippen molar-refractivity contribution in [2.24, 2.45) is 11.8 Å². The summed E-state index contributed by atoms with van der Waals surface area (Å²) in [5.74, 6) is 0.150. The van der Waals surface area contributed by atoms with Gasteiger partial charge in [0.15, 0.2) is 0 Å². The summed E-state index contributed by atoms with van der Waals surface area (Å²) >= 11 is 0. The average molecular weight is 281 g/mol. The Hall–Kier alpha value is -1.83. The molecule has 0 N–H and O–H groups in total. The minimum atomic E-state index is -4.38. The number of nitriles is 1. The molecule has 0 aliphatic heterocycles. The van der Waals surface area contributed by atoms with E-state index in [2.05, 4.69) is 6.07 Å². The lowest BCUT2D eigenvalue weighted by Gasteiger charge is -2.32. The lowest BCUT2D eigenvalue weighted by Crippen LogP contribution is -2.31. The van der Waals surface area contributed by atoms with Gasteiger partial charge < -0.3 is 0 Å². The van der Waals surface area contributed by atoms with Crippen LogP contribution < -0.4 is 0 Å². The van der Waals surface area contributed by atoms with E-state index in [1.54, 1.807) is 6.07 Å². The molecule has 1 aliphatic rings. The van der Waals surface area contributed by atoms with Crippen molar-refractivity contribution in [3.8, 4) is 6.07 Å². The Morgan fingerprint density at radius 2 is 2.05 bits per heavy atom. The minimum Gasteiger partial charge on any atom is -0.299 e. The third kappa shape index (κ3) is 3.38. The van der Waals surface area contributed by atoms with Crippen LogP contribution >= 0.6 is 0 Å². The topological polar surface area (TPSA) is 40.9 Å². The predicted octanol–water partition coefficient (Wildman–Crippen LogP) is 3.76. The summed E-state index contributed by atoms with van der Waals surface area (Å²) in [6.45, 7) is 0. The van der Waals surface area contributed by atoms with Crippen molar-refractivity contribution in [3.63, 3.8) is 0 Å². The van der Waals surface area contributed by atoms with E-state index < -0.39 is 11.7 Å². The van der Waals surface area contributed by atoms with Crippen molar-refractivity contribution < 1.29 is 18.0 Å². The van der Waals surface area contributed by atoms with Gasteiger partial charge >= 0.3 is 6.18 Å².